The number of carboxylic acid groups (broad SMARTS) is 1. The molecule has 0 bridgehead atoms. The van der Waals surface area contributed by atoms with Gasteiger partial charge in [-0.3, -0.25) is 0 Å². The quantitative estimate of drug-likeness (QED) is 0.791. The Kier molecular flexibility index (Phi) is 3.73. The summed E-state index contributed by atoms with van der Waals surface area (Å²) in [5, 5.41) is 8.48. The Bertz CT molecular complexity index is 112. The number of carboxylic acids is 1. The molecule has 0 aromatic carbocycles. The Morgan fingerprint density at radius 1 is 1.67 bits per heavy atom. The molecule has 4 heteroatoms. The molecule has 0 fully saturated rings. The summed E-state index contributed by atoms with van der Waals surface area (Å²) in [6, 6.07) is 0. The summed E-state index contributed by atoms with van der Waals surface area (Å²) in [7, 11) is 0. The van der Waals surface area contributed by atoms with Gasteiger partial charge in [-0.25, -0.2) is 4.79 Å². The first-order chi connectivity index (χ1) is 4.00. The largest absolute Gasteiger partial charge is 0.480 e. The van der Waals surface area contributed by atoms with Gasteiger partial charge in [-0.05, 0) is 6.42 Å². The highest BCUT2D eigenvalue weighted by Crippen LogP contribution is 2.31. The molecule has 54 valence electrons. The number of rotatable bonds is 3. The van der Waals surface area contributed by atoms with E-state index in [1.807, 2.05) is 6.92 Å². The Hall–Kier alpha value is 0.430. The second kappa shape index (κ2) is 3.56. The van der Waals surface area contributed by atoms with Crippen LogP contribution in [0.15, 0.2) is 0 Å². The molecule has 0 aliphatic heterocycles. The van der Waals surface area contributed by atoms with Crippen molar-refractivity contribution in [2.45, 2.75) is 23.0 Å². The lowest BCUT2D eigenvalue weighted by Gasteiger charge is -2.12. The summed E-state index contributed by atoms with van der Waals surface area (Å²) in [4.78, 5) is 10.3. The fourth-order valence-corrected chi connectivity index (χ4v) is 1.21. The number of aliphatic carboxylic acids is 1. The van der Waals surface area contributed by atoms with Crippen LogP contribution in [0.4, 0.5) is 0 Å². The lowest BCUT2D eigenvalue weighted by molar-refractivity contribution is -0.137. The van der Waals surface area contributed by atoms with E-state index >= 15 is 0 Å². The third-order valence-electron chi connectivity index (χ3n) is 0.877. The lowest BCUT2D eigenvalue weighted by atomic mass is 10.2. The van der Waals surface area contributed by atoms with Crippen molar-refractivity contribution >= 4 is 37.8 Å². The van der Waals surface area contributed by atoms with Gasteiger partial charge in [0.1, 0.15) is 0 Å². The molecule has 0 radical (unpaired) electrons. The monoisotopic (exact) mass is 258 g/mol. The van der Waals surface area contributed by atoms with E-state index in [1.165, 1.54) is 0 Å². The number of hydrogen-bond acceptors (Lipinski definition) is 1. The van der Waals surface area contributed by atoms with Crippen molar-refractivity contribution in [3.8, 4) is 0 Å². The summed E-state index contributed by atoms with van der Waals surface area (Å²) in [6.07, 6.45) is 1.42. The summed E-state index contributed by atoms with van der Waals surface area (Å²) in [6.45, 7) is 1.93. The third-order valence-corrected chi connectivity index (χ3v) is 2.35. The number of halogens is 2. The summed E-state index contributed by atoms with van der Waals surface area (Å²) < 4.78 is -0.908. The van der Waals surface area contributed by atoms with Crippen LogP contribution < -0.4 is 0 Å². The van der Waals surface area contributed by atoms with Gasteiger partial charge in [0.05, 0.1) is 0 Å². The van der Waals surface area contributed by atoms with Crippen molar-refractivity contribution in [1.29, 1.82) is 0 Å². The number of alkyl halides is 2. The maximum absolute atomic E-state index is 10.3. The Morgan fingerprint density at radius 3 is 2.22 bits per heavy atom. The van der Waals surface area contributed by atoms with Gasteiger partial charge in [-0.2, -0.15) is 0 Å². The first-order valence-electron chi connectivity index (χ1n) is 2.62. The van der Waals surface area contributed by atoms with Crippen molar-refractivity contribution in [3.63, 3.8) is 0 Å². The highest BCUT2D eigenvalue weighted by molar-refractivity contribution is 9.25. The maximum atomic E-state index is 10.3. The molecule has 0 aliphatic carbocycles. The van der Waals surface area contributed by atoms with Crippen molar-refractivity contribution in [3.05, 3.63) is 0 Å². The van der Waals surface area contributed by atoms with Gasteiger partial charge in [-0.1, -0.05) is 45.2 Å². The third kappa shape index (κ3) is 3.20. The highest BCUT2D eigenvalue weighted by atomic mass is 79.9. The van der Waals surface area contributed by atoms with Gasteiger partial charge in [0.25, 0.3) is 0 Å². The van der Waals surface area contributed by atoms with Crippen LogP contribution in [0.25, 0.3) is 0 Å². The van der Waals surface area contributed by atoms with Crippen LogP contribution in [0.1, 0.15) is 19.8 Å². The average molecular weight is 260 g/mol. The van der Waals surface area contributed by atoms with Gasteiger partial charge < -0.3 is 5.11 Å². The zero-order chi connectivity index (χ0) is 7.49. The predicted octanol–water partition coefficient (Wildman–Crippen LogP) is 2.36. The fraction of sp³-hybridized carbons (Fsp3) is 0.800. The molecular formula is C5H8Br2O2. The summed E-state index contributed by atoms with van der Waals surface area (Å²) in [5.74, 6) is -0.871. The number of carbonyl (C=O) groups is 1. The van der Waals surface area contributed by atoms with Gasteiger partial charge in [0.15, 0.2) is 3.23 Å². The Labute approximate surface area is 70.9 Å². The van der Waals surface area contributed by atoms with Crippen LogP contribution in [-0.2, 0) is 4.79 Å². The van der Waals surface area contributed by atoms with Crippen LogP contribution in [0.5, 0.6) is 0 Å². The van der Waals surface area contributed by atoms with Gasteiger partial charge >= 0.3 is 5.97 Å². The fourth-order valence-electron chi connectivity index (χ4n) is 0.421. The van der Waals surface area contributed by atoms with Gasteiger partial charge in [0, 0.05) is 0 Å². The van der Waals surface area contributed by atoms with E-state index in [-0.39, 0.29) is 0 Å². The van der Waals surface area contributed by atoms with Gasteiger partial charge in [-0.15, -0.1) is 0 Å². The van der Waals surface area contributed by atoms with Crippen LogP contribution in [0, 0.1) is 0 Å². The molecule has 2 nitrogen and oxygen atoms in total. The van der Waals surface area contributed by atoms with Crippen molar-refractivity contribution in [2.75, 3.05) is 0 Å². The van der Waals surface area contributed by atoms with Crippen molar-refractivity contribution in [2.24, 2.45) is 0 Å². The standard InChI is InChI=1S/C5H8Br2O2/c1-2-3-5(6,7)4(8)9/h2-3H2,1H3,(H,8,9). The highest BCUT2D eigenvalue weighted by Gasteiger charge is 2.30. The maximum Gasteiger partial charge on any atom is 0.331 e. The van der Waals surface area contributed by atoms with Crippen LogP contribution in [-0.4, -0.2) is 14.3 Å². The topological polar surface area (TPSA) is 37.3 Å². The molecule has 0 aliphatic rings. The molecule has 0 atom stereocenters. The molecule has 1 N–H and O–H groups in total. The van der Waals surface area contributed by atoms with E-state index < -0.39 is 9.20 Å². The average Bonchev–Trinajstić information content (AvgIpc) is 1.65. The van der Waals surface area contributed by atoms with E-state index in [9.17, 15) is 4.79 Å². The smallest absolute Gasteiger partial charge is 0.331 e. The first-order valence-corrected chi connectivity index (χ1v) is 4.20. The Balaban J connectivity index is 3.85. The van der Waals surface area contributed by atoms with Crippen molar-refractivity contribution < 1.29 is 9.90 Å². The Morgan fingerprint density at radius 2 is 2.11 bits per heavy atom. The number of hydrogen-bond donors (Lipinski definition) is 1. The van der Waals surface area contributed by atoms with Crippen LogP contribution >= 0.6 is 31.9 Å². The van der Waals surface area contributed by atoms with E-state index in [2.05, 4.69) is 31.9 Å². The second-order valence-corrected chi connectivity index (χ2v) is 5.53. The zero-order valence-electron chi connectivity index (χ0n) is 5.03. The molecule has 9 heavy (non-hydrogen) atoms. The summed E-state index contributed by atoms with van der Waals surface area (Å²) >= 11 is 6.05. The molecule has 0 aromatic heterocycles. The molecule has 0 amide bonds. The molecule has 0 saturated carbocycles. The molecule has 0 aromatic rings. The van der Waals surface area contributed by atoms with E-state index in [4.69, 9.17) is 5.11 Å². The lowest BCUT2D eigenvalue weighted by Crippen LogP contribution is -2.23. The molecule has 0 spiro atoms. The molecular weight excluding hydrogens is 252 g/mol. The minimum Gasteiger partial charge on any atom is -0.480 e. The van der Waals surface area contributed by atoms with E-state index in [0.717, 1.165) is 6.42 Å². The first kappa shape index (κ1) is 9.43. The predicted molar refractivity (Wildman–Crippen MR) is 43.1 cm³/mol. The van der Waals surface area contributed by atoms with Crippen LogP contribution in [0.3, 0.4) is 0 Å². The minimum absolute atomic E-state index is 0.586. The normalized spacial score (nSPS) is 11.4. The van der Waals surface area contributed by atoms with Crippen molar-refractivity contribution in [1.82, 2.24) is 0 Å². The molecule has 0 saturated heterocycles. The molecule has 0 rings (SSSR count). The minimum atomic E-state index is -0.908. The second-order valence-electron chi connectivity index (χ2n) is 1.76. The zero-order valence-corrected chi connectivity index (χ0v) is 8.20. The van der Waals surface area contributed by atoms with E-state index in [0.29, 0.717) is 6.42 Å². The summed E-state index contributed by atoms with van der Waals surface area (Å²) in [5.41, 5.74) is 0. The molecule has 0 unspecified atom stereocenters. The van der Waals surface area contributed by atoms with E-state index in [1.54, 1.807) is 0 Å². The van der Waals surface area contributed by atoms with Crippen LogP contribution in [0.2, 0.25) is 0 Å². The molecule has 0 heterocycles. The van der Waals surface area contributed by atoms with Gasteiger partial charge in [0.2, 0.25) is 0 Å². The SMILES string of the molecule is CCCC(Br)(Br)C(=O)O.